The van der Waals surface area contributed by atoms with Crippen molar-refractivity contribution in [1.82, 2.24) is 9.78 Å². The highest BCUT2D eigenvalue weighted by atomic mass is 79.9. The summed E-state index contributed by atoms with van der Waals surface area (Å²) in [6, 6.07) is 0. The summed E-state index contributed by atoms with van der Waals surface area (Å²) in [4.78, 5) is 11.8. The van der Waals surface area contributed by atoms with Crippen LogP contribution < -0.4 is 0 Å². The lowest BCUT2D eigenvalue weighted by Crippen LogP contribution is -2.44. The van der Waals surface area contributed by atoms with Crippen LogP contribution in [-0.4, -0.2) is 27.1 Å². The summed E-state index contributed by atoms with van der Waals surface area (Å²) in [7, 11) is 0. The second-order valence-corrected chi connectivity index (χ2v) is 5.94. The smallest absolute Gasteiger partial charge is 0.157 e. The fraction of sp³-hybridized carbons (Fsp3) is 0.600. The molecule has 0 unspecified atom stereocenters. The first-order chi connectivity index (χ1) is 7.15. The molecule has 0 saturated carbocycles. The van der Waals surface area contributed by atoms with Crippen molar-refractivity contribution in [2.24, 2.45) is 0 Å². The highest BCUT2D eigenvalue weighted by Gasteiger charge is 2.39. The number of halogens is 1. The number of carbonyl (C=O) groups excluding carboxylic acids is 1. The molecular weight excluding hydrogens is 276 g/mol. The van der Waals surface area contributed by atoms with E-state index in [4.69, 9.17) is 0 Å². The number of aromatic nitrogens is 2. The minimum atomic E-state index is -0.392. The van der Waals surface area contributed by atoms with Crippen LogP contribution in [0.2, 0.25) is 0 Å². The number of hydrogen-bond donors (Lipinski definition) is 0. The van der Waals surface area contributed by atoms with Crippen LogP contribution in [0.15, 0.2) is 16.9 Å². The van der Waals surface area contributed by atoms with E-state index in [1.807, 2.05) is 22.6 Å². The van der Waals surface area contributed by atoms with Crippen molar-refractivity contribution in [3.63, 3.8) is 0 Å². The highest BCUT2D eigenvalue weighted by molar-refractivity contribution is 9.10. The van der Waals surface area contributed by atoms with E-state index >= 15 is 0 Å². The Morgan fingerprint density at radius 1 is 1.60 bits per heavy atom. The summed E-state index contributed by atoms with van der Waals surface area (Å²) < 4.78 is 2.76. The van der Waals surface area contributed by atoms with Gasteiger partial charge in [-0.1, -0.05) is 0 Å². The Labute approximate surface area is 102 Å². The van der Waals surface area contributed by atoms with Gasteiger partial charge in [-0.15, -0.1) is 0 Å². The fourth-order valence-corrected chi connectivity index (χ4v) is 3.44. The fourth-order valence-electron chi connectivity index (χ4n) is 1.99. The molecule has 1 fully saturated rings. The van der Waals surface area contributed by atoms with Crippen molar-refractivity contribution < 1.29 is 4.79 Å². The first-order valence-electron chi connectivity index (χ1n) is 4.94. The maximum Gasteiger partial charge on any atom is 0.157 e. The van der Waals surface area contributed by atoms with Crippen molar-refractivity contribution in [3.8, 4) is 0 Å². The molecule has 1 aliphatic heterocycles. The highest BCUT2D eigenvalue weighted by Crippen LogP contribution is 2.34. The summed E-state index contributed by atoms with van der Waals surface area (Å²) in [5, 5.41) is 4.27. The van der Waals surface area contributed by atoms with Crippen LogP contribution in [0.3, 0.4) is 0 Å². The van der Waals surface area contributed by atoms with Gasteiger partial charge >= 0.3 is 0 Å². The molecule has 2 heterocycles. The zero-order valence-corrected chi connectivity index (χ0v) is 11.0. The van der Waals surface area contributed by atoms with Crippen LogP contribution >= 0.6 is 27.7 Å². The SMILES string of the molecule is CC(=O)C1(n2cc(Br)cn2)CCSCC1. The monoisotopic (exact) mass is 288 g/mol. The molecular formula is C10H13BrN2OS. The van der Waals surface area contributed by atoms with Crippen LogP contribution in [0.25, 0.3) is 0 Å². The molecule has 5 heteroatoms. The van der Waals surface area contributed by atoms with Crippen LogP contribution in [0.1, 0.15) is 19.8 Å². The van der Waals surface area contributed by atoms with E-state index in [0.29, 0.717) is 0 Å². The molecule has 0 spiro atoms. The quantitative estimate of drug-likeness (QED) is 0.839. The number of rotatable bonds is 2. The van der Waals surface area contributed by atoms with E-state index < -0.39 is 5.54 Å². The molecule has 0 N–H and O–H groups in total. The van der Waals surface area contributed by atoms with Crippen LogP contribution in [0, 0.1) is 0 Å². The second kappa shape index (κ2) is 4.29. The van der Waals surface area contributed by atoms with Gasteiger partial charge in [0, 0.05) is 6.20 Å². The first-order valence-corrected chi connectivity index (χ1v) is 6.89. The van der Waals surface area contributed by atoms with Crippen LogP contribution in [-0.2, 0) is 10.3 Å². The summed E-state index contributed by atoms with van der Waals surface area (Å²) >= 11 is 5.28. The molecule has 0 aromatic carbocycles. The van der Waals surface area contributed by atoms with Gasteiger partial charge in [0.1, 0.15) is 5.54 Å². The van der Waals surface area contributed by atoms with Gasteiger partial charge in [-0.3, -0.25) is 9.48 Å². The third-order valence-corrected chi connectivity index (χ3v) is 4.36. The Hall–Kier alpha value is -0.290. The zero-order chi connectivity index (χ0) is 10.9. The van der Waals surface area contributed by atoms with Gasteiger partial charge in [0.05, 0.1) is 10.7 Å². The predicted octanol–water partition coefficient (Wildman–Crippen LogP) is 2.46. The van der Waals surface area contributed by atoms with Gasteiger partial charge in [0.15, 0.2) is 5.78 Å². The second-order valence-electron chi connectivity index (χ2n) is 3.80. The molecule has 1 saturated heterocycles. The van der Waals surface area contributed by atoms with Gasteiger partial charge in [-0.25, -0.2) is 0 Å². The minimum Gasteiger partial charge on any atom is -0.297 e. The van der Waals surface area contributed by atoms with E-state index in [1.54, 1.807) is 13.1 Å². The number of thioether (sulfide) groups is 1. The van der Waals surface area contributed by atoms with Crippen molar-refractivity contribution in [1.29, 1.82) is 0 Å². The van der Waals surface area contributed by atoms with Gasteiger partial charge in [0.2, 0.25) is 0 Å². The Balaban J connectivity index is 2.37. The Morgan fingerprint density at radius 2 is 2.27 bits per heavy atom. The molecule has 0 amide bonds. The van der Waals surface area contributed by atoms with Gasteiger partial charge in [-0.05, 0) is 47.2 Å². The lowest BCUT2D eigenvalue weighted by atomic mass is 9.88. The number of Topliss-reactive ketones (excluding diaryl/α,β-unsaturated/α-hetero) is 1. The molecule has 0 bridgehead atoms. The molecule has 2 rings (SSSR count). The van der Waals surface area contributed by atoms with E-state index in [9.17, 15) is 4.79 Å². The molecule has 1 aliphatic rings. The lowest BCUT2D eigenvalue weighted by Gasteiger charge is -2.34. The van der Waals surface area contributed by atoms with E-state index in [0.717, 1.165) is 28.8 Å². The number of carbonyl (C=O) groups is 1. The van der Waals surface area contributed by atoms with Crippen molar-refractivity contribution in [3.05, 3.63) is 16.9 Å². The Morgan fingerprint density at radius 3 is 2.73 bits per heavy atom. The minimum absolute atomic E-state index is 0.221. The lowest BCUT2D eigenvalue weighted by molar-refractivity contribution is -0.126. The Bertz CT molecular complexity index is 371. The number of hydrogen-bond acceptors (Lipinski definition) is 3. The molecule has 1 aromatic heterocycles. The standard InChI is InChI=1S/C10H13BrN2OS/c1-8(14)10(2-4-15-5-3-10)13-7-9(11)6-12-13/h6-7H,2-5H2,1H3. The maximum absolute atomic E-state index is 11.8. The molecule has 3 nitrogen and oxygen atoms in total. The average Bonchev–Trinajstić information content (AvgIpc) is 2.66. The van der Waals surface area contributed by atoms with E-state index in [-0.39, 0.29) is 5.78 Å². The largest absolute Gasteiger partial charge is 0.297 e. The van der Waals surface area contributed by atoms with E-state index in [2.05, 4.69) is 21.0 Å². The topological polar surface area (TPSA) is 34.9 Å². The van der Waals surface area contributed by atoms with E-state index in [1.165, 1.54) is 0 Å². The van der Waals surface area contributed by atoms with Crippen LogP contribution in [0.4, 0.5) is 0 Å². The molecule has 0 radical (unpaired) electrons. The summed E-state index contributed by atoms with van der Waals surface area (Å²) in [5.41, 5.74) is -0.392. The molecule has 1 aromatic rings. The molecule has 0 aliphatic carbocycles. The summed E-state index contributed by atoms with van der Waals surface area (Å²) in [6.45, 7) is 1.67. The van der Waals surface area contributed by atoms with Gasteiger partial charge in [-0.2, -0.15) is 16.9 Å². The molecule has 82 valence electrons. The third kappa shape index (κ3) is 1.99. The third-order valence-electron chi connectivity index (χ3n) is 2.96. The number of nitrogens with zero attached hydrogens (tertiary/aromatic N) is 2. The van der Waals surface area contributed by atoms with Crippen molar-refractivity contribution in [2.75, 3.05) is 11.5 Å². The van der Waals surface area contributed by atoms with Gasteiger partial charge < -0.3 is 0 Å². The summed E-state index contributed by atoms with van der Waals surface area (Å²) in [5.74, 6) is 2.30. The van der Waals surface area contributed by atoms with Gasteiger partial charge in [0.25, 0.3) is 0 Å². The van der Waals surface area contributed by atoms with Crippen molar-refractivity contribution >= 4 is 33.5 Å². The summed E-state index contributed by atoms with van der Waals surface area (Å²) in [6.07, 6.45) is 5.42. The zero-order valence-electron chi connectivity index (χ0n) is 8.57. The molecule has 0 atom stereocenters. The predicted molar refractivity (Wildman–Crippen MR) is 65.1 cm³/mol. The number of ketones is 1. The van der Waals surface area contributed by atoms with Crippen molar-refractivity contribution in [2.45, 2.75) is 25.3 Å². The molecule has 15 heavy (non-hydrogen) atoms. The normalized spacial score (nSPS) is 20.1. The first kappa shape index (κ1) is 11.2. The average molecular weight is 289 g/mol. The maximum atomic E-state index is 11.8. The van der Waals surface area contributed by atoms with Crippen LogP contribution in [0.5, 0.6) is 0 Å². The Kier molecular flexibility index (Phi) is 3.21.